The van der Waals surface area contributed by atoms with Gasteiger partial charge in [-0.05, 0) is 37.6 Å². The van der Waals surface area contributed by atoms with Crippen LogP contribution in [0.2, 0.25) is 0 Å². The van der Waals surface area contributed by atoms with E-state index in [1.165, 1.54) is 32.1 Å². The van der Waals surface area contributed by atoms with Crippen LogP contribution in [0.1, 0.15) is 37.7 Å². The fraction of sp³-hybridized carbons (Fsp3) is 0.684. The van der Waals surface area contributed by atoms with Gasteiger partial charge in [0, 0.05) is 12.6 Å². The minimum atomic E-state index is -0.461. The predicted molar refractivity (Wildman–Crippen MR) is 94.7 cm³/mol. The van der Waals surface area contributed by atoms with E-state index >= 15 is 0 Å². The Kier molecular flexibility index (Phi) is 7.82. The van der Waals surface area contributed by atoms with Gasteiger partial charge in [0.1, 0.15) is 0 Å². The molecule has 0 heterocycles. The van der Waals surface area contributed by atoms with E-state index in [4.69, 9.17) is 14.2 Å². The minimum absolute atomic E-state index is 0.339. The first-order chi connectivity index (χ1) is 11.6. The Hall–Kier alpha value is -1.30. The second-order valence-electron chi connectivity index (χ2n) is 6.59. The molecule has 0 amide bonds. The van der Waals surface area contributed by atoms with Gasteiger partial charge in [-0.25, -0.2) is 0 Å². The average molecular weight is 337 g/mol. The van der Waals surface area contributed by atoms with Crippen LogP contribution in [0.3, 0.4) is 0 Å². The lowest BCUT2D eigenvalue weighted by Crippen LogP contribution is -2.40. The molecule has 1 N–H and O–H groups in total. The lowest BCUT2D eigenvalue weighted by Gasteiger charge is -2.32. The first-order valence-corrected chi connectivity index (χ1v) is 8.81. The maximum absolute atomic E-state index is 10.2. The van der Waals surface area contributed by atoms with Crippen molar-refractivity contribution >= 4 is 0 Å². The van der Waals surface area contributed by atoms with Crippen molar-refractivity contribution in [2.24, 2.45) is 0 Å². The summed E-state index contributed by atoms with van der Waals surface area (Å²) < 4.78 is 16.2. The van der Waals surface area contributed by atoms with Crippen molar-refractivity contribution in [3.63, 3.8) is 0 Å². The summed E-state index contributed by atoms with van der Waals surface area (Å²) in [4.78, 5) is 2.28. The van der Waals surface area contributed by atoms with Crippen LogP contribution in [0.5, 0.6) is 11.5 Å². The summed E-state index contributed by atoms with van der Waals surface area (Å²) in [6.45, 7) is 1.45. The number of likely N-dealkylation sites (N-methyl/N-ethyl adjacent to an activating group) is 1. The van der Waals surface area contributed by atoms with Crippen LogP contribution in [0.25, 0.3) is 0 Å². The Labute approximate surface area is 145 Å². The van der Waals surface area contributed by atoms with E-state index in [0.29, 0.717) is 37.3 Å². The van der Waals surface area contributed by atoms with Crippen molar-refractivity contribution < 1.29 is 19.3 Å². The third kappa shape index (κ3) is 5.65. The van der Waals surface area contributed by atoms with Crippen LogP contribution < -0.4 is 9.47 Å². The summed E-state index contributed by atoms with van der Waals surface area (Å²) >= 11 is 0. The predicted octanol–water partition coefficient (Wildman–Crippen LogP) is 2.85. The zero-order valence-corrected chi connectivity index (χ0v) is 15.2. The number of nitrogens with zero attached hydrogens (tertiary/aromatic N) is 1. The molecule has 0 bridgehead atoms. The first kappa shape index (κ1) is 19.0. The van der Waals surface area contributed by atoms with Gasteiger partial charge in [0.15, 0.2) is 11.5 Å². The number of hydrogen-bond donors (Lipinski definition) is 1. The molecule has 1 aromatic carbocycles. The molecule has 136 valence electrons. The molecule has 1 saturated carbocycles. The number of hydrogen-bond acceptors (Lipinski definition) is 5. The van der Waals surface area contributed by atoms with Gasteiger partial charge in [-0.1, -0.05) is 25.3 Å². The molecule has 24 heavy (non-hydrogen) atoms. The summed E-state index contributed by atoms with van der Waals surface area (Å²) in [5.41, 5.74) is 1.00. The first-order valence-electron chi connectivity index (χ1n) is 8.81. The van der Waals surface area contributed by atoms with Crippen LogP contribution in [-0.4, -0.2) is 56.6 Å². The van der Waals surface area contributed by atoms with Gasteiger partial charge in [-0.15, -0.1) is 0 Å². The van der Waals surface area contributed by atoms with Crippen LogP contribution in [0.15, 0.2) is 18.2 Å². The molecule has 0 radical (unpaired) electrons. The van der Waals surface area contributed by atoms with Crippen LogP contribution in [0.4, 0.5) is 0 Å². The third-order valence-electron chi connectivity index (χ3n) is 4.72. The average Bonchev–Trinajstić information content (AvgIpc) is 2.62. The summed E-state index contributed by atoms with van der Waals surface area (Å²) in [6.07, 6.45) is 5.99. The Balaban J connectivity index is 1.72. The van der Waals surface area contributed by atoms with E-state index in [1.54, 1.807) is 14.2 Å². The van der Waals surface area contributed by atoms with E-state index in [1.807, 2.05) is 18.2 Å². The van der Waals surface area contributed by atoms with E-state index in [-0.39, 0.29) is 0 Å². The van der Waals surface area contributed by atoms with Gasteiger partial charge in [-0.3, -0.25) is 0 Å². The maximum atomic E-state index is 10.2. The van der Waals surface area contributed by atoms with Crippen molar-refractivity contribution in [3.8, 4) is 11.5 Å². The summed E-state index contributed by atoms with van der Waals surface area (Å²) in [7, 11) is 5.34. The number of methoxy groups -OCH3 is 2. The van der Waals surface area contributed by atoms with Gasteiger partial charge in [0.2, 0.25) is 0 Å². The molecule has 5 nitrogen and oxygen atoms in total. The molecule has 1 aliphatic rings. The maximum Gasteiger partial charge on any atom is 0.161 e. The molecule has 5 heteroatoms. The number of ether oxygens (including phenoxy) is 3. The van der Waals surface area contributed by atoms with Crippen molar-refractivity contribution in [2.45, 2.75) is 50.9 Å². The van der Waals surface area contributed by atoms with Crippen LogP contribution in [-0.2, 0) is 11.3 Å². The summed E-state index contributed by atoms with van der Waals surface area (Å²) in [5.74, 6) is 1.39. The minimum Gasteiger partial charge on any atom is -0.493 e. The normalized spacial score (nSPS) is 17.0. The molecule has 0 aromatic heterocycles. The largest absolute Gasteiger partial charge is 0.493 e. The molecule has 0 aliphatic heterocycles. The molecule has 0 saturated heterocycles. The van der Waals surface area contributed by atoms with Crippen molar-refractivity contribution in [1.29, 1.82) is 0 Å². The van der Waals surface area contributed by atoms with Crippen molar-refractivity contribution in [1.82, 2.24) is 4.90 Å². The highest BCUT2D eigenvalue weighted by Gasteiger charge is 2.20. The fourth-order valence-corrected chi connectivity index (χ4v) is 3.34. The molecule has 1 atom stereocenters. The fourth-order valence-electron chi connectivity index (χ4n) is 3.34. The molecule has 1 aliphatic carbocycles. The lowest BCUT2D eigenvalue weighted by molar-refractivity contribution is 0.00484. The monoisotopic (exact) mass is 337 g/mol. The van der Waals surface area contributed by atoms with E-state index < -0.39 is 6.10 Å². The van der Waals surface area contributed by atoms with Gasteiger partial charge >= 0.3 is 0 Å². The third-order valence-corrected chi connectivity index (χ3v) is 4.72. The van der Waals surface area contributed by atoms with Crippen molar-refractivity contribution in [2.75, 3.05) is 34.4 Å². The zero-order chi connectivity index (χ0) is 17.4. The molecule has 2 rings (SSSR count). The van der Waals surface area contributed by atoms with Gasteiger partial charge in [-0.2, -0.15) is 0 Å². The number of aliphatic hydroxyl groups is 1. The van der Waals surface area contributed by atoms with Gasteiger partial charge < -0.3 is 24.2 Å². The van der Waals surface area contributed by atoms with Gasteiger partial charge in [0.05, 0.1) is 33.5 Å². The Morgan fingerprint density at radius 1 is 1.12 bits per heavy atom. The second-order valence-corrected chi connectivity index (χ2v) is 6.59. The quantitative estimate of drug-likeness (QED) is 0.751. The molecule has 0 unspecified atom stereocenters. The highest BCUT2D eigenvalue weighted by atomic mass is 16.5. The number of aliphatic hydroxyl groups excluding tert-OH is 1. The second kappa shape index (κ2) is 9.87. The topological polar surface area (TPSA) is 51.2 Å². The molecule has 0 spiro atoms. The molecule has 1 aromatic rings. The number of benzene rings is 1. The summed E-state index contributed by atoms with van der Waals surface area (Å²) in [5, 5.41) is 10.2. The SMILES string of the molecule is COc1ccc(COC[C@@H](O)CN(C)C2CCCCC2)cc1OC. The number of rotatable bonds is 9. The zero-order valence-electron chi connectivity index (χ0n) is 15.2. The highest BCUT2D eigenvalue weighted by Crippen LogP contribution is 2.27. The van der Waals surface area contributed by atoms with Crippen LogP contribution in [0, 0.1) is 0 Å². The van der Waals surface area contributed by atoms with Crippen molar-refractivity contribution in [3.05, 3.63) is 23.8 Å². The Morgan fingerprint density at radius 3 is 2.50 bits per heavy atom. The molecular weight excluding hydrogens is 306 g/mol. The highest BCUT2D eigenvalue weighted by molar-refractivity contribution is 5.42. The van der Waals surface area contributed by atoms with Crippen LogP contribution >= 0.6 is 0 Å². The molecule has 1 fully saturated rings. The van der Waals surface area contributed by atoms with E-state index in [2.05, 4.69) is 11.9 Å². The molecular formula is C19H31NO4. The van der Waals surface area contributed by atoms with Gasteiger partial charge in [0.25, 0.3) is 0 Å². The lowest BCUT2D eigenvalue weighted by atomic mass is 9.94. The summed E-state index contributed by atoms with van der Waals surface area (Å²) in [6, 6.07) is 6.32. The van der Waals surface area contributed by atoms with E-state index in [0.717, 1.165) is 5.56 Å². The Bertz CT molecular complexity index is 488. The van der Waals surface area contributed by atoms with E-state index in [9.17, 15) is 5.11 Å². The Morgan fingerprint density at radius 2 is 1.83 bits per heavy atom. The standard InChI is InChI=1S/C19H31NO4/c1-20(16-7-5-4-6-8-16)12-17(21)14-24-13-15-9-10-18(22-2)19(11-15)23-3/h9-11,16-17,21H,4-8,12-14H2,1-3H3/t17-/m0/s1. The smallest absolute Gasteiger partial charge is 0.161 e.